The summed E-state index contributed by atoms with van der Waals surface area (Å²) in [6.07, 6.45) is 1.73. The van der Waals surface area contributed by atoms with E-state index in [1.165, 1.54) is 0 Å². The third-order valence-electron chi connectivity index (χ3n) is 3.17. The normalized spacial score (nSPS) is 34.8. The van der Waals surface area contributed by atoms with Crippen molar-refractivity contribution < 1.29 is 9.53 Å². The molecule has 3 unspecified atom stereocenters. The number of hydrogen-bond donors (Lipinski definition) is 0. The lowest BCUT2D eigenvalue weighted by atomic mass is 10.1. The minimum Gasteiger partial charge on any atom is -0.351 e. The van der Waals surface area contributed by atoms with Crippen LogP contribution in [0.1, 0.15) is 40.5 Å². The molecule has 0 spiro atoms. The van der Waals surface area contributed by atoms with Crippen LogP contribution in [0.4, 0.5) is 0 Å². The number of rotatable bonds is 3. The Morgan fingerprint density at radius 1 is 1.50 bits per heavy atom. The highest BCUT2D eigenvalue weighted by Gasteiger charge is 2.49. The Bertz CT molecular complexity index is 273. The van der Waals surface area contributed by atoms with Gasteiger partial charge in [-0.25, -0.2) is 0 Å². The molecule has 3 atom stereocenters. The summed E-state index contributed by atoms with van der Waals surface area (Å²) in [6.45, 7) is 7.90. The molecule has 0 radical (unpaired) electrons. The van der Waals surface area contributed by atoms with Crippen molar-refractivity contribution in [2.75, 3.05) is 0 Å². The summed E-state index contributed by atoms with van der Waals surface area (Å²) in [5.41, 5.74) is -0.577. The van der Waals surface area contributed by atoms with E-state index in [-0.39, 0.29) is 18.1 Å². The molecule has 0 aromatic heterocycles. The van der Waals surface area contributed by atoms with Crippen LogP contribution in [-0.2, 0) is 9.53 Å². The highest BCUT2D eigenvalue weighted by molar-refractivity contribution is 6.53. The Kier molecular flexibility index (Phi) is 4.49. The topological polar surface area (TPSA) is 29.5 Å². The first-order chi connectivity index (χ1) is 7.33. The van der Waals surface area contributed by atoms with Crippen LogP contribution in [0.2, 0.25) is 0 Å². The largest absolute Gasteiger partial charge is 0.351 e. The average molecular weight is 268 g/mol. The van der Waals surface area contributed by atoms with Gasteiger partial charge in [-0.15, -0.1) is 0 Å². The van der Waals surface area contributed by atoms with Crippen LogP contribution < -0.4 is 0 Å². The lowest BCUT2D eigenvalue weighted by molar-refractivity contribution is -0.149. The zero-order valence-electron chi connectivity index (χ0n) is 10.2. The Morgan fingerprint density at radius 3 is 2.50 bits per heavy atom. The molecule has 16 heavy (non-hydrogen) atoms. The van der Waals surface area contributed by atoms with Crippen molar-refractivity contribution in [1.82, 2.24) is 4.90 Å². The molecule has 0 N–H and O–H groups in total. The molecule has 0 saturated carbocycles. The van der Waals surface area contributed by atoms with Crippen molar-refractivity contribution in [1.29, 1.82) is 0 Å². The van der Waals surface area contributed by atoms with Gasteiger partial charge in [0.15, 0.2) is 4.84 Å². The van der Waals surface area contributed by atoms with E-state index in [0.717, 1.165) is 12.8 Å². The summed E-state index contributed by atoms with van der Waals surface area (Å²) in [6, 6.07) is 0.00375. The second kappa shape index (κ2) is 5.11. The van der Waals surface area contributed by atoms with Gasteiger partial charge in [0, 0.05) is 0 Å². The van der Waals surface area contributed by atoms with Gasteiger partial charge in [-0.2, -0.15) is 0 Å². The van der Waals surface area contributed by atoms with Crippen molar-refractivity contribution >= 4 is 29.1 Å². The van der Waals surface area contributed by atoms with E-state index in [0.29, 0.717) is 0 Å². The summed E-state index contributed by atoms with van der Waals surface area (Å²) < 4.78 is 5.87. The van der Waals surface area contributed by atoms with E-state index in [1.807, 2.05) is 20.8 Å². The molecule has 3 nitrogen and oxygen atoms in total. The maximum atomic E-state index is 12.0. The summed E-state index contributed by atoms with van der Waals surface area (Å²) >= 11 is 11.3. The van der Waals surface area contributed by atoms with E-state index in [1.54, 1.807) is 4.90 Å². The van der Waals surface area contributed by atoms with Gasteiger partial charge in [-0.05, 0) is 27.2 Å². The molecular formula is C11H19Cl2NO2. The predicted octanol–water partition coefficient (Wildman–Crippen LogP) is 2.94. The second-order valence-electron chi connectivity index (χ2n) is 4.50. The van der Waals surface area contributed by atoms with Gasteiger partial charge < -0.3 is 9.64 Å². The minimum atomic E-state index is -1.02. The zero-order chi connectivity index (χ0) is 12.5. The Balaban J connectivity index is 2.96. The molecule has 5 heteroatoms. The molecule has 0 aromatic carbocycles. The number of carbonyl (C=O) groups excluding carboxylic acids is 1. The number of halogens is 2. The third kappa shape index (κ3) is 2.47. The average Bonchev–Trinajstić information content (AvgIpc) is 2.37. The fourth-order valence-electron chi connectivity index (χ4n) is 2.38. The van der Waals surface area contributed by atoms with E-state index in [9.17, 15) is 4.79 Å². The quantitative estimate of drug-likeness (QED) is 0.736. The summed E-state index contributed by atoms with van der Waals surface area (Å²) in [5.74, 6) is -0.267. The molecule has 1 saturated heterocycles. The molecular weight excluding hydrogens is 249 g/mol. The summed E-state index contributed by atoms with van der Waals surface area (Å²) in [7, 11) is 0. The predicted molar refractivity (Wildman–Crippen MR) is 65.7 cm³/mol. The van der Waals surface area contributed by atoms with Gasteiger partial charge in [0.25, 0.3) is 5.91 Å². The van der Waals surface area contributed by atoms with Crippen LogP contribution in [0, 0.1) is 0 Å². The minimum absolute atomic E-state index is 0.00375. The monoisotopic (exact) mass is 267 g/mol. The Morgan fingerprint density at radius 2 is 2.06 bits per heavy atom. The van der Waals surface area contributed by atoms with Crippen molar-refractivity contribution in [3.8, 4) is 0 Å². The summed E-state index contributed by atoms with van der Waals surface area (Å²) in [4.78, 5) is 12.6. The van der Waals surface area contributed by atoms with Crippen LogP contribution in [-0.4, -0.2) is 33.5 Å². The summed E-state index contributed by atoms with van der Waals surface area (Å²) in [5, 5.41) is 0. The van der Waals surface area contributed by atoms with Gasteiger partial charge in [0.2, 0.25) is 0 Å². The van der Waals surface area contributed by atoms with Gasteiger partial charge in [-0.1, -0.05) is 36.5 Å². The van der Waals surface area contributed by atoms with E-state index in [4.69, 9.17) is 27.9 Å². The maximum absolute atomic E-state index is 12.0. The van der Waals surface area contributed by atoms with Crippen molar-refractivity contribution in [2.24, 2.45) is 0 Å². The number of ether oxygens (including phenoxy) is 1. The number of nitrogens with zero attached hydrogens (tertiary/aromatic N) is 1. The van der Waals surface area contributed by atoms with Gasteiger partial charge in [0.1, 0.15) is 5.72 Å². The zero-order valence-corrected chi connectivity index (χ0v) is 11.7. The molecule has 1 rings (SSSR count). The molecule has 94 valence electrons. The van der Waals surface area contributed by atoms with Crippen molar-refractivity contribution in [3.05, 3.63) is 0 Å². The van der Waals surface area contributed by atoms with Gasteiger partial charge in [0.05, 0.1) is 12.1 Å². The van der Waals surface area contributed by atoms with Crippen molar-refractivity contribution in [2.45, 2.75) is 63.2 Å². The van der Waals surface area contributed by atoms with Crippen LogP contribution in [0.25, 0.3) is 0 Å². The van der Waals surface area contributed by atoms with Crippen molar-refractivity contribution in [3.63, 3.8) is 0 Å². The number of hydrogen-bond acceptors (Lipinski definition) is 2. The number of amides is 1. The molecule has 1 aliphatic rings. The second-order valence-corrected chi connectivity index (χ2v) is 5.59. The molecule has 0 aliphatic carbocycles. The molecule has 1 heterocycles. The lowest BCUT2D eigenvalue weighted by Crippen LogP contribution is -2.51. The maximum Gasteiger partial charge on any atom is 0.258 e. The molecule has 1 fully saturated rings. The third-order valence-corrected chi connectivity index (χ3v) is 3.55. The first-order valence-electron chi connectivity index (χ1n) is 5.62. The fourth-order valence-corrected chi connectivity index (χ4v) is 2.59. The SMILES string of the molecule is CCCC1(C)OC(C)C(C)N1C(=O)C(Cl)Cl. The highest BCUT2D eigenvalue weighted by Crippen LogP contribution is 2.36. The molecule has 0 aromatic rings. The number of alkyl halides is 2. The molecule has 1 aliphatic heterocycles. The van der Waals surface area contributed by atoms with E-state index < -0.39 is 10.6 Å². The highest BCUT2D eigenvalue weighted by atomic mass is 35.5. The van der Waals surface area contributed by atoms with Gasteiger partial charge in [-0.3, -0.25) is 4.79 Å². The number of carbonyl (C=O) groups is 1. The first-order valence-corrected chi connectivity index (χ1v) is 6.50. The molecule has 0 bridgehead atoms. The Hall–Kier alpha value is 0.01000. The van der Waals surface area contributed by atoms with Crippen LogP contribution >= 0.6 is 23.2 Å². The molecule has 1 amide bonds. The first kappa shape index (κ1) is 14.1. The van der Waals surface area contributed by atoms with Crippen LogP contribution in [0.5, 0.6) is 0 Å². The smallest absolute Gasteiger partial charge is 0.258 e. The van der Waals surface area contributed by atoms with Crippen LogP contribution in [0.3, 0.4) is 0 Å². The van der Waals surface area contributed by atoms with E-state index >= 15 is 0 Å². The lowest BCUT2D eigenvalue weighted by Gasteiger charge is -2.35. The van der Waals surface area contributed by atoms with Gasteiger partial charge >= 0.3 is 0 Å². The van der Waals surface area contributed by atoms with Crippen LogP contribution in [0.15, 0.2) is 0 Å². The van der Waals surface area contributed by atoms with E-state index in [2.05, 4.69) is 6.92 Å². The standard InChI is InChI=1S/C11H19Cl2NO2/c1-5-6-11(4)14(10(15)9(12)13)7(2)8(3)16-11/h7-9H,5-6H2,1-4H3. The Labute approximate surface area is 107 Å². The fraction of sp³-hybridized carbons (Fsp3) is 0.909.